The molecule has 0 bridgehead atoms. The number of carbonyl (C=O) groups excluding carboxylic acids is 2. The summed E-state index contributed by atoms with van der Waals surface area (Å²) in [6, 6.07) is 5.41. The zero-order valence-corrected chi connectivity index (χ0v) is 15.2. The maximum absolute atomic E-state index is 12.1. The van der Waals surface area contributed by atoms with Gasteiger partial charge in [-0.2, -0.15) is 5.10 Å². The molecule has 1 saturated heterocycles. The number of hydrogen-bond acceptors (Lipinski definition) is 5. The molecular weight excluding hydrogens is 356 g/mol. The SMILES string of the molecule is Cl.O=C(NCCNC(=O)c1ccn(C2CCCNC2)n1)c1cccnc1. The first-order chi connectivity index (χ1) is 12.2. The Morgan fingerprint density at radius 2 is 2.04 bits per heavy atom. The summed E-state index contributed by atoms with van der Waals surface area (Å²) in [6.07, 6.45) is 7.13. The molecule has 1 atom stereocenters. The fourth-order valence-electron chi connectivity index (χ4n) is 2.76. The van der Waals surface area contributed by atoms with Crippen LogP contribution < -0.4 is 16.0 Å². The van der Waals surface area contributed by atoms with Gasteiger partial charge in [-0.3, -0.25) is 19.3 Å². The first kappa shape index (κ1) is 19.9. The number of aromatic nitrogens is 3. The number of pyridine rings is 1. The molecule has 3 heterocycles. The Morgan fingerprint density at radius 3 is 2.73 bits per heavy atom. The molecule has 26 heavy (non-hydrogen) atoms. The number of amides is 2. The Bertz CT molecular complexity index is 715. The van der Waals surface area contributed by atoms with Gasteiger partial charge in [0.1, 0.15) is 5.69 Å². The van der Waals surface area contributed by atoms with Gasteiger partial charge in [-0.1, -0.05) is 0 Å². The van der Waals surface area contributed by atoms with Crippen LogP contribution in [0.15, 0.2) is 36.8 Å². The van der Waals surface area contributed by atoms with E-state index in [9.17, 15) is 9.59 Å². The molecule has 0 aliphatic carbocycles. The Labute approximate surface area is 158 Å². The zero-order valence-electron chi connectivity index (χ0n) is 14.4. The van der Waals surface area contributed by atoms with Gasteiger partial charge >= 0.3 is 0 Å². The van der Waals surface area contributed by atoms with Crippen molar-refractivity contribution in [2.45, 2.75) is 18.9 Å². The highest BCUT2D eigenvalue weighted by atomic mass is 35.5. The lowest BCUT2D eigenvalue weighted by Gasteiger charge is -2.22. The summed E-state index contributed by atoms with van der Waals surface area (Å²) >= 11 is 0. The van der Waals surface area contributed by atoms with Crippen molar-refractivity contribution < 1.29 is 9.59 Å². The molecule has 140 valence electrons. The highest BCUT2D eigenvalue weighted by molar-refractivity contribution is 5.94. The minimum Gasteiger partial charge on any atom is -0.350 e. The molecule has 2 aromatic heterocycles. The number of nitrogens with zero attached hydrogens (tertiary/aromatic N) is 3. The van der Waals surface area contributed by atoms with E-state index < -0.39 is 0 Å². The van der Waals surface area contributed by atoms with Crippen LogP contribution >= 0.6 is 12.4 Å². The van der Waals surface area contributed by atoms with Gasteiger partial charge in [0.15, 0.2) is 0 Å². The molecule has 0 saturated carbocycles. The van der Waals surface area contributed by atoms with Crippen LogP contribution in [0.3, 0.4) is 0 Å². The predicted molar refractivity (Wildman–Crippen MR) is 99.5 cm³/mol. The maximum Gasteiger partial charge on any atom is 0.271 e. The average Bonchev–Trinajstić information content (AvgIpc) is 3.16. The second-order valence-electron chi connectivity index (χ2n) is 5.93. The number of carbonyl (C=O) groups is 2. The van der Waals surface area contributed by atoms with E-state index in [4.69, 9.17) is 0 Å². The van der Waals surface area contributed by atoms with Gasteiger partial charge in [0.25, 0.3) is 11.8 Å². The van der Waals surface area contributed by atoms with Crippen LogP contribution in [-0.4, -0.2) is 52.8 Å². The molecule has 0 radical (unpaired) electrons. The highest BCUT2D eigenvalue weighted by Crippen LogP contribution is 2.15. The van der Waals surface area contributed by atoms with E-state index in [1.807, 2.05) is 10.9 Å². The summed E-state index contributed by atoms with van der Waals surface area (Å²) in [5.74, 6) is -0.449. The molecule has 0 spiro atoms. The lowest BCUT2D eigenvalue weighted by molar-refractivity contribution is 0.0924. The molecule has 8 nitrogen and oxygen atoms in total. The number of halogens is 1. The van der Waals surface area contributed by atoms with E-state index in [2.05, 4.69) is 26.0 Å². The monoisotopic (exact) mass is 378 g/mol. The number of nitrogens with one attached hydrogen (secondary N) is 3. The fourth-order valence-corrected chi connectivity index (χ4v) is 2.76. The average molecular weight is 379 g/mol. The van der Waals surface area contributed by atoms with Crippen LogP contribution in [0.25, 0.3) is 0 Å². The highest BCUT2D eigenvalue weighted by Gasteiger charge is 2.17. The third-order valence-electron chi connectivity index (χ3n) is 4.11. The standard InChI is InChI=1S/C17H22N6O2.ClH/c24-16(13-3-1-6-18-11-13)20-8-9-21-17(25)15-5-10-23(22-15)14-4-2-7-19-12-14;/h1,3,5-6,10-11,14,19H,2,4,7-9,12H2,(H,20,24)(H,21,25);1H. The first-order valence-corrected chi connectivity index (χ1v) is 8.46. The lowest BCUT2D eigenvalue weighted by Crippen LogP contribution is -2.35. The van der Waals surface area contributed by atoms with Crippen molar-refractivity contribution >= 4 is 24.2 Å². The van der Waals surface area contributed by atoms with Crippen molar-refractivity contribution in [2.24, 2.45) is 0 Å². The summed E-state index contributed by atoms with van der Waals surface area (Å²) in [5, 5.41) is 13.2. The summed E-state index contributed by atoms with van der Waals surface area (Å²) in [5.41, 5.74) is 0.887. The predicted octanol–water partition coefficient (Wildman–Crippen LogP) is 0.784. The van der Waals surface area contributed by atoms with Crippen LogP contribution in [0.5, 0.6) is 0 Å². The Hall–Kier alpha value is -2.45. The van der Waals surface area contributed by atoms with Crippen LogP contribution in [0.2, 0.25) is 0 Å². The summed E-state index contributed by atoms with van der Waals surface area (Å²) in [6.45, 7) is 2.59. The Kier molecular flexibility index (Phi) is 7.55. The molecule has 0 aromatic carbocycles. The van der Waals surface area contributed by atoms with Gasteiger partial charge in [0.2, 0.25) is 0 Å². The van der Waals surface area contributed by atoms with E-state index in [1.165, 1.54) is 6.20 Å². The van der Waals surface area contributed by atoms with Crippen LogP contribution in [-0.2, 0) is 0 Å². The fraction of sp³-hybridized carbons (Fsp3) is 0.412. The van der Waals surface area contributed by atoms with Crippen molar-refractivity contribution in [1.29, 1.82) is 0 Å². The van der Waals surface area contributed by atoms with Crippen molar-refractivity contribution in [2.75, 3.05) is 26.2 Å². The quantitative estimate of drug-likeness (QED) is 0.645. The molecule has 1 unspecified atom stereocenters. The topological polar surface area (TPSA) is 101 Å². The van der Waals surface area contributed by atoms with Crippen LogP contribution in [0, 0.1) is 0 Å². The number of piperidine rings is 1. The van der Waals surface area contributed by atoms with E-state index in [1.54, 1.807) is 24.4 Å². The molecule has 1 aliphatic rings. The van der Waals surface area contributed by atoms with Crippen molar-refractivity contribution in [3.63, 3.8) is 0 Å². The third-order valence-corrected chi connectivity index (χ3v) is 4.11. The van der Waals surface area contributed by atoms with Crippen LogP contribution in [0.1, 0.15) is 39.7 Å². The van der Waals surface area contributed by atoms with Gasteiger partial charge in [-0.05, 0) is 37.6 Å². The number of rotatable bonds is 6. The minimum atomic E-state index is -0.238. The molecule has 9 heteroatoms. The normalized spacial score (nSPS) is 16.4. The smallest absolute Gasteiger partial charge is 0.271 e. The van der Waals surface area contributed by atoms with Crippen molar-refractivity contribution in [1.82, 2.24) is 30.7 Å². The molecular formula is C17H23ClN6O2. The van der Waals surface area contributed by atoms with Gasteiger partial charge in [-0.25, -0.2) is 0 Å². The molecule has 3 rings (SSSR count). The summed E-state index contributed by atoms with van der Waals surface area (Å²) in [7, 11) is 0. The van der Waals surface area contributed by atoms with Crippen molar-refractivity contribution in [3.05, 3.63) is 48.0 Å². The largest absolute Gasteiger partial charge is 0.350 e. The number of hydrogen-bond donors (Lipinski definition) is 3. The Balaban J connectivity index is 0.00000243. The lowest BCUT2D eigenvalue weighted by atomic mass is 10.1. The minimum absolute atomic E-state index is 0. The van der Waals surface area contributed by atoms with E-state index in [0.717, 1.165) is 25.9 Å². The molecule has 3 N–H and O–H groups in total. The van der Waals surface area contributed by atoms with Gasteiger partial charge in [0.05, 0.1) is 11.6 Å². The molecule has 2 amide bonds. The van der Waals surface area contributed by atoms with E-state index in [-0.39, 0.29) is 24.2 Å². The molecule has 1 aliphatic heterocycles. The van der Waals surface area contributed by atoms with Crippen molar-refractivity contribution in [3.8, 4) is 0 Å². The van der Waals surface area contributed by atoms with Gasteiger partial charge in [-0.15, -0.1) is 12.4 Å². The first-order valence-electron chi connectivity index (χ1n) is 8.46. The molecule has 1 fully saturated rings. The van der Waals surface area contributed by atoms with E-state index in [0.29, 0.717) is 30.4 Å². The van der Waals surface area contributed by atoms with Gasteiger partial charge < -0.3 is 16.0 Å². The second-order valence-corrected chi connectivity index (χ2v) is 5.93. The van der Waals surface area contributed by atoms with Crippen LogP contribution in [0.4, 0.5) is 0 Å². The zero-order chi connectivity index (χ0) is 17.5. The van der Waals surface area contributed by atoms with Gasteiger partial charge in [0, 0.05) is 38.2 Å². The summed E-state index contributed by atoms with van der Waals surface area (Å²) in [4.78, 5) is 27.9. The third kappa shape index (κ3) is 5.27. The summed E-state index contributed by atoms with van der Waals surface area (Å²) < 4.78 is 1.85. The molecule has 2 aromatic rings. The second kappa shape index (κ2) is 9.88. The van der Waals surface area contributed by atoms with E-state index >= 15 is 0 Å². The maximum atomic E-state index is 12.1. The Morgan fingerprint density at radius 1 is 1.23 bits per heavy atom.